The Hall–Kier alpha value is -1.39. The standard InChI is InChI=1S/C12H12N2OS/c13-12(10-6-16-7-14-10)9-1-2-11-8(5-9)3-4-15-11/h1-2,5-7,12H,3-4,13H2. The Morgan fingerprint density at radius 2 is 2.38 bits per heavy atom. The number of hydrogen-bond acceptors (Lipinski definition) is 4. The highest BCUT2D eigenvalue weighted by atomic mass is 32.1. The van der Waals surface area contributed by atoms with Gasteiger partial charge in [-0.25, -0.2) is 4.98 Å². The molecule has 4 heteroatoms. The molecule has 82 valence electrons. The number of ether oxygens (including phenoxy) is 1. The lowest BCUT2D eigenvalue weighted by Gasteiger charge is -2.10. The zero-order chi connectivity index (χ0) is 11.0. The van der Waals surface area contributed by atoms with Crippen molar-refractivity contribution in [1.82, 2.24) is 4.98 Å². The van der Waals surface area contributed by atoms with Crippen LogP contribution in [0.4, 0.5) is 0 Å². The molecule has 0 bridgehead atoms. The zero-order valence-electron chi connectivity index (χ0n) is 8.72. The molecule has 0 fully saturated rings. The molecule has 0 saturated heterocycles. The number of thiazole rings is 1. The molecule has 0 radical (unpaired) electrons. The van der Waals surface area contributed by atoms with Crippen LogP contribution in [0.2, 0.25) is 0 Å². The van der Waals surface area contributed by atoms with E-state index in [1.807, 2.05) is 23.0 Å². The summed E-state index contributed by atoms with van der Waals surface area (Å²) in [6, 6.07) is 6.03. The summed E-state index contributed by atoms with van der Waals surface area (Å²) in [6.07, 6.45) is 0.979. The average Bonchev–Trinajstić information content (AvgIpc) is 2.98. The molecule has 1 aromatic heterocycles. The third-order valence-corrected chi connectivity index (χ3v) is 3.45. The minimum Gasteiger partial charge on any atom is -0.493 e. The van der Waals surface area contributed by atoms with Crippen molar-refractivity contribution in [3.8, 4) is 5.75 Å². The molecule has 0 aliphatic carbocycles. The Morgan fingerprint density at radius 3 is 3.19 bits per heavy atom. The molecule has 1 atom stereocenters. The quantitative estimate of drug-likeness (QED) is 0.862. The van der Waals surface area contributed by atoms with Gasteiger partial charge in [-0.3, -0.25) is 0 Å². The Kier molecular flexibility index (Phi) is 2.38. The summed E-state index contributed by atoms with van der Waals surface area (Å²) in [6.45, 7) is 0.782. The third kappa shape index (κ3) is 1.60. The van der Waals surface area contributed by atoms with Gasteiger partial charge < -0.3 is 10.5 Å². The summed E-state index contributed by atoms with van der Waals surface area (Å²) in [5.41, 5.74) is 11.3. The zero-order valence-corrected chi connectivity index (χ0v) is 9.54. The fourth-order valence-corrected chi connectivity index (χ4v) is 2.54. The van der Waals surface area contributed by atoms with Crippen molar-refractivity contribution in [3.63, 3.8) is 0 Å². The van der Waals surface area contributed by atoms with Gasteiger partial charge in [0.15, 0.2) is 0 Å². The summed E-state index contributed by atoms with van der Waals surface area (Å²) in [5, 5.41) is 1.99. The molecular formula is C12H12N2OS. The van der Waals surface area contributed by atoms with Gasteiger partial charge >= 0.3 is 0 Å². The maximum Gasteiger partial charge on any atom is 0.122 e. The highest BCUT2D eigenvalue weighted by molar-refractivity contribution is 7.07. The van der Waals surface area contributed by atoms with E-state index in [0.29, 0.717) is 0 Å². The van der Waals surface area contributed by atoms with Crippen molar-refractivity contribution in [3.05, 3.63) is 45.9 Å². The first-order chi connectivity index (χ1) is 7.84. The number of nitrogens with zero attached hydrogens (tertiary/aromatic N) is 1. The Morgan fingerprint density at radius 1 is 1.44 bits per heavy atom. The minimum atomic E-state index is -0.128. The predicted octanol–water partition coefficient (Wildman–Crippen LogP) is 2.13. The van der Waals surface area contributed by atoms with E-state index in [1.165, 1.54) is 5.56 Å². The molecule has 3 nitrogen and oxygen atoms in total. The molecule has 1 aromatic carbocycles. The first kappa shape index (κ1) is 9.81. The Bertz CT molecular complexity index is 496. The summed E-state index contributed by atoms with van der Waals surface area (Å²) in [7, 11) is 0. The lowest BCUT2D eigenvalue weighted by Crippen LogP contribution is -2.12. The highest BCUT2D eigenvalue weighted by Crippen LogP contribution is 2.29. The first-order valence-corrected chi connectivity index (χ1v) is 6.18. The molecule has 1 unspecified atom stereocenters. The average molecular weight is 232 g/mol. The van der Waals surface area contributed by atoms with Crippen molar-refractivity contribution in [1.29, 1.82) is 0 Å². The van der Waals surface area contributed by atoms with Crippen LogP contribution in [0.15, 0.2) is 29.1 Å². The molecule has 2 heterocycles. The minimum absolute atomic E-state index is 0.128. The van der Waals surface area contributed by atoms with E-state index in [4.69, 9.17) is 10.5 Å². The van der Waals surface area contributed by atoms with Gasteiger partial charge in [-0.05, 0) is 17.2 Å². The van der Waals surface area contributed by atoms with Crippen molar-refractivity contribution in [2.24, 2.45) is 5.73 Å². The van der Waals surface area contributed by atoms with Crippen LogP contribution >= 0.6 is 11.3 Å². The second kappa shape index (κ2) is 3.88. The predicted molar refractivity (Wildman–Crippen MR) is 63.8 cm³/mol. The lowest BCUT2D eigenvalue weighted by atomic mass is 10.0. The number of aromatic nitrogens is 1. The fourth-order valence-electron chi connectivity index (χ4n) is 1.95. The maximum atomic E-state index is 6.16. The molecule has 1 aliphatic rings. The van der Waals surface area contributed by atoms with Crippen molar-refractivity contribution < 1.29 is 4.74 Å². The summed E-state index contributed by atoms with van der Waals surface area (Å²) >= 11 is 1.57. The number of benzene rings is 1. The number of fused-ring (bicyclic) bond motifs is 1. The van der Waals surface area contributed by atoms with E-state index in [9.17, 15) is 0 Å². The number of hydrogen-bond donors (Lipinski definition) is 1. The van der Waals surface area contributed by atoms with E-state index in [-0.39, 0.29) is 6.04 Å². The highest BCUT2D eigenvalue weighted by Gasteiger charge is 2.16. The molecule has 2 N–H and O–H groups in total. The second-order valence-corrected chi connectivity index (χ2v) is 4.58. The van der Waals surface area contributed by atoms with Crippen molar-refractivity contribution >= 4 is 11.3 Å². The summed E-state index contributed by atoms with van der Waals surface area (Å²) < 4.78 is 5.47. The summed E-state index contributed by atoms with van der Waals surface area (Å²) in [5.74, 6) is 0.995. The Balaban J connectivity index is 1.95. The van der Waals surface area contributed by atoms with E-state index >= 15 is 0 Å². The van der Waals surface area contributed by atoms with Crippen molar-refractivity contribution in [2.75, 3.05) is 6.61 Å². The molecule has 16 heavy (non-hydrogen) atoms. The number of rotatable bonds is 2. The smallest absolute Gasteiger partial charge is 0.122 e. The van der Waals surface area contributed by atoms with Crippen LogP contribution in [-0.4, -0.2) is 11.6 Å². The van der Waals surface area contributed by atoms with Gasteiger partial charge in [-0.15, -0.1) is 11.3 Å². The van der Waals surface area contributed by atoms with Gasteiger partial charge in [0.2, 0.25) is 0 Å². The molecule has 1 aliphatic heterocycles. The largest absolute Gasteiger partial charge is 0.493 e. The molecule has 0 saturated carbocycles. The molecule has 0 amide bonds. The van der Waals surface area contributed by atoms with Crippen LogP contribution in [0, 0.1) is 0 Å². The van der Waals surface area contributed by atoms with E-state index in [1.54, 1.807) is 11.3 Å². The van der Waals surface area contributed by atoms with Crippen LogP contribution < -0.4 is 10.5 Å². The first-order valence-electron chi connectivity index (χ1n) is 5.24. The molecular weight excluding hydrogens is 220 g/mol. The molecule has 0 spiro atoms. The van der Waals surface area contributed by atoms with Crippen LogP contribution in [0.5, 0.6) is 5.75 Å². The van der Waals surface area contributed by atoms with Gasteiger partial charge in [0.25, 0.3) is 0 Å². The van der Waals surface area contributed by atoms with Gasteiger partial charge in [-0.1, -0.05) is 12.1 Å². The van der Waals surface area contributed by atoms with E-state index in [2.05, 4.69) is 11.1 Å². The van der Waals surface area contributed by atoms with Crippen LogP contribution in [0.1, 0.15) is 22.9 Å². The monoisotopic (exact) mass is 232 g/mol. The SMILES string of the molecule is NC(c1ccc2c(c1)CCO2)c1cscn1. The fraction of sp³-hybridized carbons (Fsp3) is 0.250. The third-order valence-electron chi connectivity index (χ3n) is 2.84. The second-order valence-electron chi connectivity index (χ2n) is 3.86. The maximum absolute atomic E-state index is 6.16. The van der Waals surface area contributed by atoms with E-state index in [0.717, 1.165) is 30.0 Å². The topological polar surface area (TPSA) is 48.1 Å². The normalized spacial score (nSPS) is 15.6. The Labute approximate surface area is 97.9 Å². The van der Waals surface area contributed by atoms with Gasteiger partial charge in [0.1, 0.15) is 5.75 Å². The summed E-state index contributed by atoms with van der Waals surface area (Å²) in [4.78, 5) is 4.25. The van der Waals surface area contributed by atoms with Gasteiger partial charge in [0, 0.05) is 11.8 Å². The molecule has 3 rings (SSSR count). The van der Waals surface area contributed by atoms with E-state index < -0.39 is 0 Å². The lowest BCUT2D eigenvalue weighted by molar-refractivity contribution is 0.357. The van der Waals surface area contributed by atoms with Crippen LogP contribution in [0.25, 0.3) is 0 Å². The van der Waals surface area contributed by atoms with Gasteiger partial charge in [0.05, 0.1) is 23.9 Å². The van der Waals surface area contributed by atoms with Crippen LogP contribution in [0.3, 0.4) is 0 Å². The number of nitrogens with two attached hydrogens (primary N) is 1. The van der Waals surface area contributed by atoms with Gasteiger partial charge in [-0.2, -0.15) is 0 Å². The molecule has 2 aromatic rings. The van der Waals surface area contributed by atoms with Crippen molar-refractivity contribution in [2.45, 2.75) is 12.5 Å². The van der Waals surface area contributed by atoms with Crippen LogP contribution in [-0.2, 0) is 6.42 Å².